The Morgan fingerprint density at radius 2 is 2.10 bits per heavy atom. The van der Waals surface area contributed by atoms with Crippen LogP contribution in [-0.2, 0) is 17.9 Å². The normalized spacial score (nSPS) is 11.4. The number of nitrogens with one attached hydrogen (secondary N) is 1. The van der Waals surface area contributed by atoms with E-state index in [1.165, 1.54) is 12.3 Å². The Bertz CT molecular complexity index is 1250. The molecular weight excluding hydrogens is 398 g/mol. The van der Waals surface area contributed by atoms with E-state index in [1.54, 1.807) is 33.0 Å². The van der Waals surface area contributed by atoms with Crippen molar-refractivity contribution in [2.45, 2.75) is 20.0 Å². The van der Waals surface area contributed by atoms with Crippen LogP contribution in [0.4, 0.5) is 0 Å². The maximum absolute atomic E-state index is 12.8. The molecule has 0 spiro atoms. The van der Waals surface area contributed by atoms with E-state index in [0.717, 1.165) is 16.0 Å². The lowest BCUT2D eigenvalue weighted by Crippen LogP contribution is -2.26. The second-order valence-corrected chi connectivity index (χ2v) is 7.83. The molecule has 3 aromatic heterocycles. The number of aryl methyl sites for hydroxylation is 1. The van der Waals surface area contributed by atoms with Gasteiger partial charge in [0, 0.05) is 17.5 Å². The smallest absolute Gasteiger partial charge is 0.264 e. The van der Waals surface area contributed by atoms with E-state index in [0.29, 0.717) is 30.7 Å². The molecule has 0 saturated heterocycles. The highest BCUT2D eigenvalue weighted by atomic mass is 32.1. The predicted molar refractivity (Wildman–Crippen MR) is 118 cm³/mol. The third-order valence-electron chi connectivity index (χ3n) is 4.79. The number of thiophene rings is 1. The fraction of sp³-hybridized carbons (Fsp3) is 0.182. The molecular formula is C22H21N5O2S. The lowest BCUT2D eigenvalue weighted by atomic mass is 10.1. The number of amides is 1. The number of rotatable bonds is 7. The van der Waals surface area contributed by atoms with Gasteiger partial charge in [0.1, 0.15) is 11.7 Å². The summed E-state index contributed by atoms with van der Waals surface area (Å²) in [5, 5.41) is 9.53. The topological polar surface area (TPSA) is 81.8 Å². The van der Waals surface area contributed by atoms with Gasteiger partial charge in [-0.15, -0.1) is 11.3 Å². The van der Waals surface area contributed by atoms with E-state index in [2.05, 4.69) is 15.4 Å². The number of carbonyl (C=O) groups excluding carboxylic acids is 1. The van der Waals surface area contributed by atoms with Crippen molar-refractivity contribution in [2.24, 2.45) is 0 Å². The number of aromatic nitrogens is 4. The van der Waals surface area contributed by atoms with Crippen molar-refractivity contribution < 1.29 is 4.79 Å². The fourth-order valence-electron chi connectivity index (χ4n) is 3.13. The highest BCUT2D eigenvalue weighted by Crippen LogP contribution is 2.11. The molecule has 0 bridgehead atoms. The highest BCUT2D eigenvalue weighted by Gasteiger charge is 2.11. The summed E-state index contributed by atoms with van der Waals surface area (Å²) in [6.45, 7) is 3.30. The van der Waals surface area contributed by atoms with Crippen molar-refractivity contribution in [3.8, 4) is 0 Å². The van der Waals surface area contributed by atoms with Gasteiger partial charge in [-0.05, 0) is 35.6 Å². The van der Waals surface area contributed by atoms with Gasteiger partial charge in [0.25, 0.3) is 5.56 Å². The monoisotopic (exact) mass is 419 g/mol. The molecule has 1 aromatic carbocycles. The Morgan fingerprint density at radius 1 is 1.23 bits per heavy atom. The summed E-state index contributed by atoms with van der Waals surface area (Å²) >= 11 is 1.57. The average molecular weight is 420 g/mol. The molecule has 0 aliphatic rings. The Labute approximate surface area is 177 Å². The van der Waals surface area contributed by atoms with Crippen LogP contribution in [0, 0.1) is 6.92 Å². The second kappa shape index (κ2) is 8.87. The molecule has 30 heavy (non-hydrogen) atoms. The standard InChI is InChI=1S/C22H21N5O2S/c1-16-5-2-3-6-17(16)14-26-15-24-21-19(22(26)29)13-25-27(21)11-10-23-20(28)9-8-18-7-4-12-30-18/h2-9,12-13,15H,10-11,14H2,1H3,(H,23,28)/b9-8+. The molecule has 0 atom stereocenters. The molecule has 0 radical (unpaired) electrons. The minimum Gasteiger partial charge on any atom is -0.351 e. The Kier molecular flexibility index (Phi) is 5.85. The first-order valence-corrected chi connectivity index (χ1v) is 10.4. The predicted octanol–water partition coefficient (Wildman–Crippen LogP) is 2.84. The van der Waals surface area contributed by atoms with Gasteiger partial charge in [-0.1, -0.05) is 30.3 Å². The van der Waals surface area contributed by atoms with Crippen molar-refractivity contribution in [1.82, 2.24) is 24.6 Å². The van der Waals surface area contributed by atoms with Crippen LogP contribution in [0.5, 0.6) is 0 Å². The minimum atomic E-state index is -0.173. The summed E-state index contributed by atoms with van der Waals surface area (Å²) in [6, 6.07) is 11.8. The maximum atomic E-state index is 12.8. The Morgan fingerprint density at radius 3 is 2.90 bits per heavy atom. The van der Waals surface area contributed by atoms with Crippen molar-refractivity contribution in [1.29, 1.82) is 0 Å². The molecule has 152 valence electrons. The molecule has 1 amide bonds. The molecule has 0 aliphatic heterocycles. The largest absolute Gasteiger partial charge is 0.351 e. The van der Waals surface area contributed by atoms with Gasteiger partial charge in [0.2, 0.25) is 5.91 Å². The van der Waals surface area contributed by atoms with Gasteiger partial charge in [0.15, 0.2) is 5.65 Å². The van der Waals surface area contributed by atoms with Gasteiger partial charge < -0.3 is 5.32 Å². The van der Waals surface area contributed by atoms with Crippen LogP contribution in [0.1, 0.15) is 16.0 Å². The first-order chi connectivity index (χ1) is 14.6. The number of carbonyl (C=O) groups is 1. The zero-order valence-corrected chi connectivity index (χ0v) is 17.3. The molecule has 4 aromatic rings. The second-order valence-electron chi connectivity index (χ2n) is 6.85. The zero-order chi connectivity index (χ0) is 20.9. The Balaban J connectivity index is 1.42. The van der Waals surface area contributed by atoms with E-state index < -0.39 is 0 Å². The molecule has 8 heteroatoms. The molecule has 0 saturated carbocycles. The van der Waals surface area contributed by atoms with Crippen molar-refractivity contribution in [2.75, 3.05) is 6.54 Å². The van der Waals surface area contributed by atoms with Crippen molar-refractivity contribution >= 4 is 34.4 Å². The number of hydrogen-bond donors (Lipinski definition) is 1. The number of fused-ring (bicyclic) bond motifs is 1. The molecule has 0 unspecified atom stereocenters. The van der Waals surface area contributed by atoms with Crippen LogP contribution in [-0.4, -0.2) is 31.8 Å². The molecule has 7 nitrogen and oxygen atoms in total. The number of hydrogen-bond acceptors (Lipinski definition) is 5. The van der Waals surface area contributed by atoms with Crippen LogP contribution in [0.15, 0.2) is 65.2 Å². The molecule has 4 rings (SSSR count). The summed E-state index contributed by atoms with van der Waals surface area (Å²) in [7, 11) is 0. The lowest BCUT2D eigenvalue weighted by Gasteiger charge is -2.08. The van der Waals surface area contributed by atoms with Gasteiger partial charge >= 0.3 is 0 Å². The van der Waals surface area contributed by atoms with Crippen LogP contribution < -0.4 is 10.9 Å². The number of nitrogens with zero attached hydrogens (tertiary/aromatic N) is 4. The van der Waals surface area contributed by atoms with Gasteiger partial charge in [-0.25, -0.2) is 9.67 Å². The van der Waals surface area contributed by atoms with Crippen molar-refractivity contribution in [3.63, 3.8) is 0 Å². The van der Waals surface area contributed by atoms with E-state index in [4.69, 9.17) is 0 Å². The summed E-state index contributed by atoms with van der Waals surface area (Å²) in [6.07, 6.45) is 6.38. The fourth-order valence-corrected chi connectivity index (χ4v) is 3.75. The summed E-state index contributed by atoms with van der Waals surface area (Å²) < 4.78 is 3.23. The van der Waals surface area contributed by atoms with Gasteiger partial charge in [-0.3, -0.25) is 14.2 Å². The van der Waals surface area contributed by atoms with E-state index in [-0.39, 0.29) is 11.5 Å². The molecule has 0 aliphatic carbocycles. The minimum absolute atomic E-state index is 0.127. The van der Waals surface area contributed by atoms with Crippen LogP contribution in [0.3, 0.4) is 0 Å². The molecule has 3 heterocycles. The first kappa shape index (κ1) is 19.8. The summed E-state index contributed by atoms with van der Waals surface area (Å²) in [5.74, 6) is -0.173. The third kappa shape index (κ3) is 4.38. The van der Waals surface area contributed by atoms with E-state index in [1.807, 2.05) is 48.7 Å². The maximum Gasteiger partial charge on any atom is 0.264 e. The van der Waals surface area contributed by atoms with Gasteiger partial charge in [0.05, 0.1) is 19.3 Å². The summed E-state index contributed by atoms with van der Waals surface area (Å²) in [5.41, 5.74) is 2.59. The average Bonchev–Trinajstić information content (AvgIpc) is 3.40. The van der Waals surface area contributed by atoms with Crippen LogP contribution in [0.2, 0.25) is 0 Å². The van der Waals surface area contributed by atoms with Crippen molar-refractivity contribution in [3.05, 3.63) is 86.7 Å². The van der Waals surface area contributed by atoms with Crippen LogP contribution in [0.25, 0.3) is 17.1 Å². The number of benzene rings is 1. The SMILES string of the molecule is Cc1ccccc1Cn1cnc2c(cnn2CCNC(=O)/C=C/c2cccs2)c1=O. The van der Waals surface area contributed by atoms with Crippen LogP contribution >= 0.6 is 11.3 Å². The lowest BCUT2D eigenvalue weighted by molar-refractivity contribution is -0.116. The van der Waals surface area contributed by atoms with E-state index >= 15 is 0 Å². The van der Waals surface area contributed by atoms with E-state index in [9.17, 15) is 9.59 Å². The molecule has 0 fully saturated rings. The quantitative estimate of drug-likeness (QED) is 0.467. The molecule has 1 N–H and O–H groups in total. The zero-order valence-electron chi connectivity index (χ0n) is 16.5. The highest BCUT2D eigenvalue weighted by molar-refractivity contribution is 7.10. The summed E-state index contributed by atoms with van der Waals surface area (Å²) in [4.78, 5) is 30.2. The Hall–Kier alpha value is -3.52. The first-order valence-electron chi connectivity index (χ1n) is 9.57. The third-order valence-corrected chi connectivity index (χ3v) is 5.63. The van der Waals surface area contributed by atoms with Gasteiger partial charge in [-0.2, -0.15) is 5.10 Å².